The Morgan fingerprint density at radius 1 is 1.14 bits per heavy atom. The Kier molecular flexibility index (Phi) is 6.01. The Bertz CT molecular complexity index is 972. The van der Waals surface area contributed by atoms with Crippen LogP contribution in [0.3, 0.4) is 0 Å². The molecule has 0 saturated heterocycles. The molecule has 150 valence electrons. The molecule has 1 aliphatic rings. The molecule has 0 aliphatic carbocycles. The second kappa shape index (κ2) is 8.13. The maximum atomic E-state index is 12.9. The fourth-order valence-corrected chi connectivity index (χ4v) is 4.70. The smallest absolute Gasteiger partial charge is 0.251 e. The highest BCUT2D eigenvalue weighted by atomic mass is 35.5. The summed E-state index contributed by atoms with van der Waals surface area (Å²) in [5, 5.41) is 3.76. The van der Waals surface area contributed by atoms with E-state index in [0.29, 0.717) is 22.8 Å². The molecule has 1 N–H and O–H groups in total. The quantitative estimate of drug-likeness (QED) is 0.789. The maximum absolute atomic E-state index is 12.9. The highest BCUT2D eigenvalue weighted by molar-refractivity contribution is 7.92. The molecule has 3 rings (SSSR count). The molecule has 0 bridgehead atoms. The Labute approximate surface area is 171 Å². The van der Waals surface area contributed by atoms with Crippen molar-refractivity contribution < 1.29 is 13.2 Å². The van der Waals surface area contributed by atoms with Gasteiger partial charge in [0.05, 0.1) is 18.0 Å². The molecule has 0 radical (unpaired) electrons. The van der Waals surface area contributed by atoms with Gasteiger partial charge in [-0.2, -0.15) is 0 Å². The topological polar surface area (TPSA) is 66.5 Å². The Morgan fingerprint density at radius 2 is 1.82 bits per heavy atom. The summed E-state index contributed by atoms with van der Waals surface area (Å²) in [6.07, 6.45) is 2.71. The van der Waals surface area contributed by atoms with Crippen LogP contribution >= 0.6 is 11.6 Å². The van der Waals surface area contributed by atoms with Crippen molar-refractivity contribution >= 4 is 33.2 Å². The third-order valence-corrected chi connectivity index (χ3v) is 6.43. The molecule has 7 heteroatoms. The summed E-state index contributed by atoms with van der Waals surface area (Å²) in [4.78, 5) is 12.9. The van der Waals surface area contributed by atoms with Crippen molar-refractivity contribution in [3.63, 3.8) is 0 Å². The molecule has 2 aromatic carbocycles. The van der Waals surface area contributed by atoms with E-state index in [1.54, 1.807) is 18.2 Å². The molecule has 1 aliphatic heterocycles. The van der Waals surface area contributed by atoms with Crippen LogP contribution in [0.5, 0.6) is 0 Å². The predicted molar refractivity (Wildman–Crippen MR) is 113 cm³/mol. The second-order valence-corrected chi connectivity index (χ2v) is 9.87. The van der Waals surface area contributed by atoms with Gasteiger partial charge in [-0.15, -0.1) is 0 Å². The van der Waals surface area contributed by atoms with E-state index in [4.69, 9.17) is 11.6 Å². The number of amides is 1. The molecule has 0 fully saturated rings. The van der Waals surface area contributed by atoms with E-state index < -0.39 is 10.0 Å². The number of fused-ring (bicyclic) bond motifs is 1. The second-order valence-electron chi connectivity index (χ2n) is 7.53. The van der Waals surface area contributed by atoms with Gasteiger partial charge in [0, 0.05) is 17.1 Å². The molecule has 2 aromatic rings. The number of benzene rings is 2. The van der Waals surface area contributed by atoms with Crippen molar-refractivity contribution in [1.82, 2.24) is 5.32 Å². The first kappa shape index (κ1) is 20.7. The van der Waals surface area contributed by atoms with Crippen LogP contribution in [-0.4, -0.2) is 27.1 Å². The van der Waals surface area contributed by atoms with Gasteiger partial charge >= 0.3 is 0 Å². The zero-order chi connectivity index (χ0) is 20.5. The summed E-state index contributed by atoms with van der Waals surface area (Å²) in [6.45, 7) is 4.58. The van der Waals surface area contributed by atoms with Crippen molar-refractivity contribution in [2.24, 2.45) is 5.92 Å². The third kappa shape index (κ3) is 4.50. The van der Waals surface area contributed by atoms with Gasteiger partial charge in [0.2, 0.25) is 10.0 Å². The van der Waals surface area contributed by atoms with E-state index in [1.807, 2.05) is 24.3 Å². The molecular weight excluding hydrogens is 396 g/mol. The lowest BCUT2D eigenvalue weighted by atomic mass is 9.95. The number of carbonyl (C=O) groups is 1. The summed E-state index contributed by atoms with van der Waals surface area (Å²) in [7, 11) is -3.32. The number of nitrogens with zero attached hydrogens (tertiary/aromatic N) is 1. The SMILES string of the molecule is CC(C)C(NC(=O)c1ccc2c(c1)CCCN2S(C)(=O)=O)c1ccc(Cl)cc1. The van der Waals surface area contributed by atoms with Gasteiger partial charge in [0.25, 0.3) is 5.91 Å². The lowest BCUT2D eigenvalue weighted by molar-refractivity contribution is 0.0925. The van der Waals surface area contributed by atoms with Crippen LogP contribution in [0.2, 0.25) is 5.02 Å². The van der Waals surface area contributed by atoms with E-state index in [-0.39, 0.29) is 17.9 Å². The summed E-state index contributed by atoms with van der Waals surface area (Å²) in [5.74, 6) is 0.0245. The van der Waals surface area contributed by atoms with Crippen LogP contribution in [-0.2, 0) is 16.4 Å². The molecule has 0 aromatic heterocycles. The third-order valence-electron chi connectivity index (χ3n) is 5.00. The molecular formula is C21H25ClN2O3S. The first-order valence-electron chi connectivity index (χ1n) is 9.34. The van der Waals surface area contributed by atoms with Gasteiger partial charge in [0.1, 0.15) is 0 Å². The molecule has 28 heavy (non-hydrogen) atoms. The van der Waals surface area contributed by atoms with Gasteiger partial charge in [-0.1, -0.05) is 37.6 Å². The van der Waals surface area contributed by atoms with E-state index >= 15 is 0 Å². The van der Waals surface area contributed by atoms with Gasteiger partial charge in [-0.3, -0.25) is 9.10 Å². The number of rotatable bonds is 5. The van der Waals surface area contributed by atoms with Crippen LogP contribution in [0.25, 0.3) is 0 Å². The van der Waals surface area contributed by atoms with Crippen LogP contribution in [0.1, 0.15) is 47.8 Å². The minimum Gasteiger partial charge on any atom is -0.345 e. The van der Waals surface area contributed by atoms with E-state index in [9.17, 15) is 13.2 Å². The summed E-state index contributed by atoms with van der Waals surface area (Å²) in [5.41, 5.74) is 3.09. The number of halogens is 1. The van der Waals surface area contributed by atoms with Gasteiger partial charge in [-0.25, -0.2) is 8.42 Å². The lowest BCUT2D eigenvalue weighted by Crippen LogP contribution is -2.35. The predicted octanol–water partition coefficient (Wildman–Crippen LogP) is 4.18. The van der Waals surface area contributed by atoms with Crippen LogP contribution in [0.15, 0.2) is 42.5 Å². The number of carbonyl (C=O) groups excluding carboxylic acids is 1. The molecule has 1 atom stereocenters. The number of anilines is 1. The number of nitrogens with one attached hydrogen (secondary N) is 1. The number of hydrogen-bond donors (Lipinski definition) is 1. The Balaban J connectivity index is 1.85. The van der Waals surface area contributed by atoms with E-state index in [1.165, 1.54) is 10.6 Å². The largest absolute Gasteiger partial charge is 0.345 e. The number of sulfonamides is 1. The minimum atomic E-state index is -3.32. The van der Waals surface area contributed by atoms with Crippen LogP contribution in [0.4, 0.5) is 5.69 Å². The highest BCUT2D eigenvalue weighted by Crippen LogP contribution is 2.30. The molecule has 0 spiro atoms. The zero-order valence-electron chi connectivity index (χ0n) is 16.3. The first-order valence-corrected chi connectivity index (χ1v) is 11.6. The van der Waals surface area contributed by atoms with Crippen LogP contribution in [0, 0.1) is 5.92 Å². The van der Waals surface area contributed by atoms with Gasteiger partial charge in [-0.05, 0) is 60.2 Å². The molecule has 0 saturated carbocycles. The van der Waals surface area contributed by atoms with E-state index in [2.05, 4.69) is 19.2 Å². The monoisotopic (exact) mass is 420 g/mol. The standard InChI is InChI=1S/C21H25ClN2O3S/c1-14(2)20(15-6-9-18(22)10-7-15)23-21(25)17-8-11-19-16(13-17)5-4-12-24(19)28(3,26)27/h6-11,13-14,20H,4-5,12H2,1-3H3,(H,23,25). The van der Waals surface area contributed by atoms with Gasteiger partial charge in [0.15, 0.2) is 0 Å². The average molecular weight is 421 g/mol. The van der Waals surface area contributed by atoms with Crippen molar-refractivity contribution in [2.45, 2.75) is 32.7 Å². The minimum absolute atomic E-state index is 0.145. The summed E-state index contributed by atoms with van der Waals surface area (Å²) >= 11 is 5.97. The van der Waals surface area contributed by atoms with Crippen molar-refractivity contribution in [2.75, 3.05) is 17.1 Å². The Morgan fingerprint density at radius 3 is 2.43 bits per heavy atom. The van der Waals surface area contributed by atoms with Gasteiger partial charge < -0.3 is 5.32 Å². The fraction of sp³-hybridized carbons (Fsp3) is 0.381. The number of aryl methyl sites for hydroxylation is 1. The first-order chi connectivity index (χ1) is 13.2. The maximum Gasteiger partial charge on any atom is 0.251 e. The summed E-state index contributed by atoms with van der Waals surface area (Å²) in [6, 6.07) is 12.6. The summed E-state index contributed by atoms with van der Waals surface area (Å²) < 4.78 is 25.4. The van der Waals surface area contributed by atoms with Crippen molar-refractivity contribution in [3.05, 3.63) is 64.2 Å². The highest BCUT2D eigenvalue weighted by Gasteiger charge is 2.25. The number of hydrogen-bond acceptors (Lipinski definition) is 3. The fourth-order valence-electron chi connectivity index (χ4n) is 3.58. The molecule has 5 nitrogen and oxygen atoms in total. The molecule has 1 heterocycles. The van der Waals surface area contributed by atoms with Crippen LogP contribution < -0.4 is 9.62 Å². The Hall–Kier alpha value is -2.05. The zero-order valence-corrected chi connectivity index (χ0v) is 17.8. The average Bonchev–Trinajstić information content (AvgIpc) is 2.64. The normalized spacial score (nSPS) is 15.2. The van der Waals surface area contributed by atoms with E-state index in [0.717, 1.165) is 24.0 Å². The van der Waals surface area contributed by atoms with Crippen molar-refractivity contribution in [1.29, 1.82) is 0 Å². The lowest BCUT2D eigenvalue weighted by Gasteiger charge is -2.29. The van der Waals surface area contributed by atoms with Crippen molar-refractivity contribution in [3.8, 4) is 0 Å². The molecule has 1 amide bonds. The molecule has 1 unspecified atom stereocenters.